The minimum Gasteiger partial charge on any atom is -0.493 e. The number of rotatable bonds is 8. The molecule has 2 aromatic rings. The van der Waals surface area contributed by atoms with Crippen LogP contribution in [0.15, 0.2) is 51.8 Å². The van der Waals surface area contributed by atoms with Crippen LogP contribution in [0.3, 0.4) is 0 Å². The Hall–Kier alpha value is -1.80. The Labute approximate surface area is 163 Å². The Kier molecular flexibility index (Phi) is 7.71. The molecular formula is C18H18BrF2NO3S. The molecule has 0 aliphatic carbocycles. The number of methoxy groups -OCH3 is 1. The third kappa shape index (κ3) is 6.17. The number of amides is 1. The van der Waals surface area contributed by atoms with Crippen molar-refractivity contribution in [3.8, 4) is 11.5 Å². The first-order valence-electron chi connectivity index (χ1n) is 7.63. The second-order valence-electron chi connectivity index (χ2n) is 5.36. The summed E-state index contributed by atoms with van der Waals surface area (Å²) in [4.78, 5) is 14.9. The van der Waals surface area contributed by atoms with Gasteiger partial charge in [0, 0.05) is 23.0 Å². The van der Waals surface area contributed by atoms with Crippen molar-refractivity contribution in [2.24, 2.45) is 0 Å². The quantitative estimate of drug-likeness (QED) is 0.546. The first-order chi connectivity index (χ1) is 12.4. The van der Waals surface area contributed by atoms with Gasteiger partial charge in [-0.15, -0.1) is 11.8 Å². The summed E-state index contributed by atoms with van der Waals surface area (Å²) in [6.45, 7) is -2.58. The van der Waals surface area contributed by atoms with Gasteiger partial charge in [0.05, 0.1) is 12.9 Å². The summed E-state index contributed by atoms with van der Waals surface area (Å²) in [7, 11) is 3.07. The molecule has 0 saturated carbocycles. The van der Waals surface area contributed by atoms with Gasteiger partial charge in [-0.25, -0.2) is 0 Å². The predicted molar refractivity (Wildman–Crippen MR) is 101 cm³/mol. The first kappa shape index (κ1) is 20.5. The van der Waals surface area contributed by atoms with E-state index >= 15 is 0 Å². The number of carbonyl (C=O) groups is 1. The number of nitrogens with zero attached hydrogens (tertiary/aromatic N) is 1. The molecule has 2 rings (SSSR count). The zero-order valence-corrected chi connectivity index (χ0v) is 16.6. The maximum atomic E-state index is 12.4. The number of alkyl halides is 2. The number of carbonyl (C=O) groups excluding carboxylic acids is 1. The maximum absolute atomic E-state index is 12.4. The number of thioether (sulfide) groups is 1. The summed E-state index contributed by atoms with van der Waals surface area (Å²) in [5.74, 6) is 0.436. The molecule has 0 radical (unpaired) electrons. The summed E-state index contributed by atoms with van der Waals surface area (Å²) in [5.41, 5.74) is 0.757. The Bertz CT molecular complexity index is 744. The van der Waals surface area contributed by atoms with Crippen molar-refractivity contribution in [1.29, 1.82) is 0 Å². The maximum Gasteiger partial charge on any atom is 0.387 e. The molecule has 1 amide bonds. The van der Waals surface area contributed by atoms with E-state index in [4.69, 9.17) is 4.74 Å². The molecule has 0 fully saturated rings. The topological polar surface area (TPSA) is 38.8 Å². The van der Waals surface area contributed by atoms with Gasteiger partial charge in [0.1, 0.15) is 0 Å². The molecule has 0 aromatic heterocycles. The number of ether oxygens (including phenoxy) is 2. The minimum atomic E-state index is -2.92. The average Bonchev–Trinajstić information content (AvgIpc) is 2.61. The van der Waals surface area contributed by atoms with E-state index in [0.717, 1.165) is 14.9 Å². The highest BCUT2D eigenvalue weighted by molar-refractivity contribution is 9.10. The van der Waals surface area contributed by atoms with Crippen molar-refractivity contribution in [3.63, 3.8) is 0 Å². The molecular weight excluding hydrogens is 428 g/mol. The van der Waals surface area contributed by atoms with Gasteiger partial charge in [-0.3, -0.25) is 4.79 Å². The van der Waals surface area contributed by atoms with Crippen LogP contribution in [0.5, 0.6) is 11.5 Å². The van der Waals surface area contributed by atoms with Crippen LogP contribution in [-0.4, -0.2) is 37.3 Å². The minimum absolute atomic E-state index is 0.0361. The van der Waals surface area contributed by atoms with Gasteiger partial charge in [-0.05, 0) is 42.0 Å². The number of benzene rings is 2. The smallest absolute Gasteiger partial charge is 0.387 e. The molecule has 0 aliphatic heterocycles. The van der Waals surface area contributed by atoms with E-state index in [1.807, 2.05) is 24.3 Å². The molecule has 26 heavy (non-hydrogen) atoms. The van der Waals surface area contributed by atoms with E-state index in [0.29, 0.717) is 12.3 Å². The largest absolute Gasteiger partial charge is 0.493 e. The lowest BCUT2D eigenvalue weighted by Crippen LogP contribution is -2.27. The van der Waals surface area contributed by atoms with Crippen LogP contribution in [0.1, 0.15) is 5.56 Å². The van der Waals surface area contributed by atoms with E-state index < -0.39 is 6.61 Å². The van der Waals surface area contributed by atoms with Gasteiger partial charge in [0.15, 0.2) is 11.5 Å². The molecule has 2 aromatic carbocycles. The van der Waals surface area contributed by atoms with E-state index in [2.05, 4.69) is 20.7 Å². The van der Waals surface area contributed by atoms with Crippen LogP contribution in [-0.2, 0) is 11.3 Å². The van der Waals surface area contributed by atoms with Crippen molar-refractivity contribution >= 4 is 33.6 Å². The van der Waals surface area contributed by atoms with Crippen molar-refractivity contribution < 1.29 is 23.0 Å². The zero-order valence-electron chi connectivity index (χ0n) is 14.2. The molecule has 140 valence electrons. The Morgan fingerprint density at radius 2 is 1.88 bits per heavy atom. The number of hydrogen-bond donors (Lipinski definition) is 0. The fourth-order valence-electron chi connectivity index (χ4n) is 2.15. The van der Waals surface area contributed by atoms with Crippen LogP contribution >= 0.6 is 27.7 Å². The van der Waals surface area contributed by atoms with Crippen LogP contribution in [0, 0.1) is 0 Å². The molecule has 8 heteroatoms. The highest BCUT2D eigenvalue weighted by Gasteiger charge is 2.14. The lowest BCUT2D eigenvalue weighted by Gasteiger charge is -2.18. The molecule has 0 bridgehead atoms. The van der Waals surface area contributed by atoms with Gasteiger partial charge >= 0.3 is 6.61 Å². The highest BCUT2D eigenvalue weighted by Crippen LogP contribution is 2.30. The molecule has 0 N–H and O–H groups in total. The molecule has 4 nitrogen and oxygen atoms in total. The summed E-state index contributed by atoms with van der Waals surface area (Å²) in [6.07, 6.45) is 0. The third-order valence-corrected chi connectivity index (χ3v) is 4.99. The Balaban J connectivity index is 1.94. The molecule has 0 atom stereocenters. The predicted octanol–water partition coefficient (Wildman–Crippen LogP) is 4.81. The SMILES string of the molecule is COc1cc(CN(C)C(=O)CSc2ccc(Br)cc2)ccc1OC(F)F. The second-order valence-corrected chi connectivity index (χ2v) is 7.32. The van der Waals surface area contributed by atoms with E-state index in [1.54, 1.807) is 24.1 Å². The lowest BCUT2D eigenvalue weighted by atomic mass is 10.2. The summed E-state index contributed by atoms with van der Waals surface area (Å²) < 4.78 is 35.2. The fraction of sp³-hybridized carbons (Fsp3) is 0.278. The van der Waals surface area contributed by atoms with Crippen molar-refractivity contribution in [1.82, 2.24) is 4.90 Å². The van der Waals surface area contributed by atoms with Crippen molar-refractivity contribution in [2.75, 3.05) is 19.9 Å². The van der Waals surface area contributed by atoms with Crippen molar-refractivity contribution in [2.45, 2.75) is 18.1 Å². The monoisotopic (exact) mass is 445 g/mol. The molecule has 0 heterocycles. The zero-order chi connectivity index (χ0) is 19.1. The lowest BCUT2D eigenvalue weighted by molar-refractivity contribution is -0.127. The van der Waals surface area contributed by atoms with Gasteiger partial charge in [0.25, 0.3) is 0 Å². The van der Waals surface area contributed by atoms with E-state index in [1.165, 1.54) is 24.9 Å². The number of halogens is 3. The molecule has 0 unspecified atom stereocenters. The highest BCUT2D eigenvalue weighted by atomic mass is 79.9. The summed E-state index contributed by atoms with van der Waals surface area (Å²) >= 11 is 4.82. The van der Waals surface area contributed by atoms with Gasteiger partial charge in [-0.1, -0.05) is 22.0 Å². The Morgan fingerprint density at radius 3 is 2.50 bits per heavy atom. The number of hydrogen-bond acceptors (Lipinski definition) is 4. The van der Waals surface area contributed by atoms with Crippen LogP contribution < -0.4 is 9.47 Å². The van der Waals surface area contributed by atoms with Crippen LogP contribution in [0.2, 0.25) is 0 Å². The standard InChI is InChI=1S/C18H18BrF2NO3S/c1-22(17(23)11-26-14-6-4-13(19)5-7-14)10-12-3-8-15(25-18(20)21)16(9-12)24-2/h3-9,18H,10-11H2,1-2H3. The van der Waals surface area contributed by atoms with Crippen LogP contribution in [0.4, 0.5) is 8.78 Å². The first-order valence-corrected chi connectivity index (χ1v) is 9.41. The van der Waals surface area contributed by atoms with Crippen LogP contribution in [0.25, 0.3) is 0 Å². The third-order valence-electron chi connectivity index (χ3n) is 3.47. The van der Waals surface area contributed by atoms with E-state index in [9.17, 15) is 13.6 Å². The molecule has 0 saturated heterocycles. The van der Waals surface area contributed by atoms with Gasteiger partial charge in [-0.2, -0.15) is 8.78 Å². The summed E-state index contributed by atoms with van der Waals surface area (Å²) in [6, 6.07) is 12.4. The van der Waals surface area contributed by atoms with Gasteiger partial charge < -0.3 is 14.4 Å². The van der Waals surface area contributed by atoms with Crippen molar-refractivity contribution in [3.05, 3.63) is 52.5 Å². The second kappa shape index (κ2) is 9.78. The normalized spacial score (nSPS) is 10.7. The Morgan fingerprint density at radius 1 is 1.19 bits per heavy atom. The van der Waals surface area contributed by atoms with Gasteiger partial charge in [0.2, 0.25) is 5.91 Å². The molecule has 0 spiro atoms. The van der Waals surface area contributed by atoms with E-state index in [-0.39, 0.29) is 17.4 Å². The summed E-state index contributed by atoms with van der Waals surface area (Å²) in [5, 5.41) is 0. The molecule has 0 aliphatic rings. The fourth-order valence-corrected chi connectivity index (χ4v) is 3.26. The average molecular weight is 446 g/mol.